The topological polar surface area (TPSA) is 82.1 Å². The van der Waals surface area contributed by atoms with Crippen molar-refractivity contribution < 1.29 is 19.4 Å². The molecule has 0 radical (unpaired) electrons. The summed E-state index contributed by atoms with van der Waals surface area (Å²) in [6.07, 6.45) is 3.67. The summed E-state index contributed by atoms with van der Waals surface area (Å²) in [7, 11) is 0. The van der Waals surface area contributed by atoms with Gasteiger partial charge in [-0.15, -0.1) is 0 Å². The van der Waals surface area contributed by atoms with E-state index in [0.717, 1.165) is 32.2 Å². The van der Waals surface area contributed by atoms with Gasteiger partial charge in [-0.1, -0.05) is 27.7 Å². The first-order valence-corrected chi connectivity index (χ1v) is 10.4. The van der Waals surface area contributed by atoms with Crippen LogP contribution in [0.25, 0.3) is 0 Å². The Balaban J connectivity index is 1.87. The molecule has 2 aliphatic carbocycles. The van der Waals surface area contributed by atoms with Crippen LogP contribution in [-0.4, -0.2) is 77.4 Å². The average Bonchev–Trinajstić information content (AvgIpc) is 2.57. The third kappa shape index (κ3) is 4.93. The van der Waals surface area contributed by atoms with Gasteiger partial charge in [0, 0.05) is 36.7 Å². The second kappa shape index (κ2) is 9.24. The maximum Gasteiger partial charge on any atom is 0.317 e. The molecular weight excluding hydrogens is 346 g/mol. The highest BCUT2D eigenvalue weighted by molar-refractivity contribution is 5.75. The Morgan fingerprint density at radius 3 is 2.33 bits per heavy atom. The Morgan fingerprint density at radius 1 is 1.19 bits per heavy atom. The number of hydrogen-bond donors (Lipinski definition) is 2. The number of ether oxygens (including phenoxy) is 1. The number of likely N-dealkylation sites (N-methyl/N-ethyl adjacent to an activating group) is 1. The highest BCUT2D eigenvalue weighted by Gasteiger charge is 2.52. The number of amides is 2. The fourth-order valence-electron chi connectivity index (χ4n) is 4.45. The summed E-state index contributed by atoms with van der Waals surface area (Å²) in [5.41, 5.74) is -0.0365. The van der Waals surface area contributed by atoms with E-state index < -0.39 is 5.97 Å². The zero-order chi connectivity index (χ0) is 20.2. The smallest absolute Gasteiger partial charge is 0.317 e. The molecule has 2 saturated carbocycles. The van der Waals surface area contributed by atoms with Crippen molar-refractivity contribution in [3.05, 3.63) is 0 Å². The minimum absolute atomic E-state index is 0.00889. The molecule has 0 heterocycles. The number of carbonyl (C=O) groups is 2. The van der Waals surface area contributed by atoms with Crippen molar-refractivity contribution in [2.75, 3.05) is 26.2 Å². The molecular formula is C20H37N3O4. The summed E-state index contributed by atoms with van der Waals surface area (Å²) < 4.78 is 5.82. The molecule has 0 bridgehead atoms. The highest BCUT2D eigenvalue weighted by Crippen LogP contribution is 2.46. The fraction of sp³-hybridized carbons (Fsp3) is 0.900. The standard InChI is InChI=1S/C20H37N3O4/c1-6-9-23(16-12-17(27-8-3)20(16,4)5)19(26)21-14-10-15(11-14)22(7-2)13-18(24)25/h14-17H,6-13H2,1-5H3,(H,21,26)(H,24,25). The van der Waals surface area contributed by atoms with Crippen molar-refractivity contribution in [3.63, 3.8) is 0 Å². The molecule has 0 aliphatic heterocycles. The van der Waals surface area contributed by atoms with Crippen LogP contribution in [0, 0.1) is 5.41 Å². The summed E-state index contributed by atoms with van der Waals surface area (Å²) in [5, 5.41) is 12.2. The van der Waals surface area contributed by atoms with Gasteiger partial charge >= 0.3 is 12.0 Å². The second-order valence-corrected chi connectivity index (χ2v) is 8.44. The molecule has 2 atom stereocenters. The third-order valence-electron chi connectivity index (χ3n) is 6.30. The molecule has 0 saturated heterocycles. The van der Waals surface area contributed by atoms with Gasteiger partial charge in [-0.05, 0) is 39.2 Å². The van der Waals surface area contributed by atoms with Crippen LogP contribution in [0.2, 0.25) is 0 Å². The zero-order valence-electron chi connectivity index (χ0n) is 17.5. The van der Waals surface area contributed by atoms with Gasteiger partial charge < -0.3 is 20.1 Å². The van der Waals surface area contributed by atoms with Crippen molar-refractivity contribution in [3.8, 4) is 0 Å². The predicted octanol–water partition coefficient (Wildman–Crippen LogP) is 2.55. The highest BCUT2D eigenvalue weighted by atomic mass is 16.5. The van der Waals surface area contributed by atoms with E-state index in [-0.39, 0.29) is 42.2 Å². The lowest BCUT2D eigenvalue weighted by molar-refractivity contribution is -0.140. The van der Waals surface area contributed by atoms with Crippen LogP contribution >= 0.6 is 0 Å². The lowest BCUT2D eigenvalue weighted by Crippen LogP contribution is -2.66. The van der Waals surface area contributed by atoms with Crippen molar-refractivity contribution in [1.29, 1.82) is 0 Å². The summed E-state index contributed by atoms with van der Waals surface area (Å²) >= 11 is 0. The average molecular weight is 384 g/mol. The molecule has 2 fully saturated rings. The summed E-state index contributed by atoms with van der Waals surface area (Å²) in [4.78, 5) is 27.8. The first-order chi connectivity index (χ1) is 12.7. The molecule has 156 valence electrons. The summed E-state index contributed by atoms with van der Waals surface area (Å²) in [5.74, 6) is -0.797. The molecule has 0 aromatic rings. The Bertz CT molecular complexity index is 519. The minimum Gasteiger partial charge on any atom is -0.480 e. The van der Waals surface area contributed by atoms with Gasteiger partial charge in [-0.3, -0.25) is 9.69 Å². The Hall–Kier alpha value is -1.34. The summed E-state index contributed by atoms with van der Waals surface area (Å²) in [6, 6.07) is 0.590. The molecule has 2 aliphatic rings. The normalized spacial score (nSPS) is 29.0. The Labute approximate surface area is 163 Å². The lowest BCUT2D eigenvalue weighted by atomic mass is 9.63. The molecule has 7 heteroatoms. The number of carboxylic acid groups (broad SMARTS) is 1. The molecule has 2 rings (SSSR count). The first kappa shape index (κ1) is 22.0. The number of urea groups is 1. The molecule has 7 nitrogen and oxygen atoms in total. The number of carbonyl (C=O) groups excluding carboxylic acids is 1. The fourth-order valence-corrected chi connectivity index (χ4v) is 4.45. The van der Waals surface area contributed by atoms with Crippen LogP contribution in [0.4, 0.5) is 4.79 Å². The largest absolute Gasteiger partial charge is 0.480 e. The quantitative estimate of drug-likeness (QED) is 0.606. The van der Waals surface area contributed by atoms with Crippen LogP contribution in [0.1, 0.15) is 60.3 Å². The van der Waals surface area contributed by atoms with E-state index in [0.29, 0.717) is 13.2 Å². The monoisotopic (exact) mass is 383 g/mol. The maximum atomic E-state index is 12.9. The first-order valence-electron chi connectivity index (χ1n) is 10.4. The number of rotatable bonds is 10. The van der Waals surface area contributed by atoms with E-state index in [1.807, 2.05) is 23.6 Å². The van der Waals surface area contributed by atoms with E-state index in [9.17, 15) is 9.59 Å². The molecule has 27 heavy (non-hydrogen) atoms. The zero-order valence-corrected chi connectivity index (χ0v) is 17.5. The van der Waals surface area contributed by atoms with E-state index in [2.05, 4.69) is 26.1 Å². The van der Waals surface area contributed by atoms with Gasteiger partial charge in [0.05, 0.1) is 12.6 Å². The predicted molar refractivity (Wildman–Crippen MR) is 105 cm³/mol. The summed E-state index contributed by atoms with van der Waals surface area (Å²) in [6.45, 7) is 12.7. The van der Waals surface area contributed by atoms with Gasteiger partial charge in [-0.2, -0.15) is 0 Å². The number of nitrogens with one attached hydrogen (secondary N) is 1. The Kier molecular flexibility index (Phi) is 7.51. The molecule has 2 unspecified atom stereocenters. The van der Waals surface area contributed by atoms with E-state index >= 15 is 0 Å². The van der Waals surface area contributed by atoms with Crippen LogP contribution in [0.5, 0.6) is 0 Å². The molecule has 0 aromatic heterocycles. The molecule has 2 amide bonds. The third-order valence-corrected chi connectivity index (χ3v) is 6.30. The van der Waals surface area contributed by atoms with Gasteiger partial charge in [-0.25, -0.2) is 4.79 Å². The van der Waals surface area contributed by atoms with Gasteiger partial charge in [0.15, 0.2) is 0 Å². The Morgan fingerprint density at radius 2 is 1.85 bits per heavy atom. The molecule has 0 spiro atoms. The minimum atomic E-state index is -0.797. The number of aliphatic carboxylic acids is 1. The van der Waals surface area contributed by atoms with Crippen molar-refractivity contribution in [2.24, 2.45) is 5.41 Å². The van der Waals surface area contributed by atoms with E-state index in [4.69, 9.17) is 9.84 Å². The number of nitrogens with zero attached hydrogens (tertiary/aromatic N) is 2. The van der Waals surface area contributed by atoms with Crippen molar-refractivity contribution >= 4 is 12.0 Å². The van der Waals surface area contributed by atoms with Crippen LogP contribution in [-0.2, 0) is 9.53 Å². The van der Waals surface area contributed by atoms with Gasteiger partial charge in [0.25, 0.3) is 0 Å². The molecule has 2 N–H and O–H groups in total. The number of carboxylic acids is 1. The molecule has 0 aromatic carbocycles. The van der Waals surface area contributed by atoms with Crippen LogP contribution in [0.3, 0.4) is 0 Å². The second-order valence-electron chi connectivity index (χ2n) is 8.44. The van der Waals surface area contributed by atoms with Crippen LogP contribution < -0.4 is 5.32 Å². The van der Waals surface area contributed by atoms with Crippen molar-refractivity contribution in [2.45, 2.75) is 84.5 Å². The van der Waals surface area contributed by atoms with E-state index in [1.165, 1.54) is 0 Å². The van der Waals surface area contributed by atoms with E-state index in [1.54, 1.807) is 0 Å². The van der Waals surface area contributed by atoms with Crippen molar-refractivity contribution in [1.82, 2.24) is 15.1 Å². The van der Waals surface area contributed by atoms with Gasteiger partial charge in [0.1, 0.15) is 0 Å². The van der Waals surface area contributed by atoms with Gasteiger partial charge in [0.2, 0.25) is 0 Å². The lowest BCUT2D eigenvalue weighted by Gasteiger charge is -2.56. The number of hydrogen-bond acceptors (Lipinski definition) is 4. The maximum absolute atomic E-state index is 12.9. The SMILES string of the molecule is CCCN(C(=O)NC1CC(N(CC)CC(=O)O)C1)C1CC(OCC)C1(C)C. The van der Waals surface area contributed by atoms with Crippen LogP contribution in [0.15, 0.2) is 0 Å².